The molecule has 0 atom stereocenters. The van der Waals surface area contributed by atoms with Crippen molar-refractivity contribution in [2.45, 2.75) is 33.2 Å². The van der Waals surface area contributed by atoms with Crippen LogP contribution in [0.25, 0.3) is 0 Å². The number of aliphatic hydroxyl groups excluding tert-OH is 1. The minimum atomic E-state index is 0.259. The van der Waals surface area contributed by atoms with Crippen LogP contribution in [-0.4, -0.2) is 31.3 Å². The molecule has 0 heterocycles. The summed E-state index contributed by atoms with van der Waals surface area (Å²) >= 11 is 0. The average molecular weight is 250 g/mol. The smallest absolute Gasteiger partial charge is 0.0447 e. The Labute approximate surface area is 111 Å². The van der Waals surface area contributed by atoms with Gasteiger partial charge in [0.1, 0.15) is 0 Å². The normalized spacial score (nSPS) is 10.6. The maximum absolute atomic E-state index is 8.89. The number of nitrogens with zero attached hydrogens (tertiary/aromatic N) is 1. The van der Waals surface area contributed by atoms with Gasteiger partial charge in [0.25, 0.3) is 0 Å². The van der Waals surface area contributed by atoms with E-state index in [4.69, 9.17) is 5.11 Å². The van der Waals surface area contributed by atoms with E-state index in [0.29, 0.717) is 0 Å². The molecular weight excluding hydrogens is 224 g/mol. The van der Waals surface area contributed by atoms with Crippen LogP contribution in [0.2, 0.25) is 0 Å². The quantitative estimate of drug-likeness (QED) is 0.661. The molecule has 18 heavy (non-hydrogen) atoms. The molecule has 1 rings (SSSR count). The second kappa shape index (κ2) is 8.95. The predicted molar refractivity (Wildman–Crippen MR) is 78.0 cm³/mol. The maximum Gasteiger partial charge on any atom is 0.0447 e. The molecule has 1 aromatic carbocycles. The highest BCUT2D eigenvalue weighted by Crippen LogP contribution is 2.15. The highest BCUT2D eigenvalue weighted by Gasteiger charge is 2.03. The standard InChI is InChI=1S/C15H26N2O/c1-3-10-16-13-14-6-8-15(9-7-14)17(4-2)11-5-12-18/h6-9,16,18H,3-5,10-13H2,1-2H3. The van der Waals surface area contributed by atoms with Gasteiger partial charge in [0, 0.05) is 31.9 Å². The molecule has 0 amide bonds. The van der Waals surface area contributed by atoms with E-state index in [1.54, 1.807) is 0 Å². The Balaban J connectivity index is 2.51. The second-order valence-electron chi connectivity index (χ2n) is 4.50. The molecule has 0 aliphatic rings. The SMILES string of the molecule is CCCNCc1ccc(N(CC)CCCO)cc1. The molecule has 3 nitrogen and oxygen atoms in total. The van der Waals surface area contributed by atoms with E-state index in [1.807, 2.05) is 0 Å². The summed E-state index contributed by atoms with van der Waals surface area (Å²) in [5.41, 5.74) is 2.57. The number of aliphatic hydroxyl groups is 1. The minimum absolute atomic E-state index is 0.259. The Morgan fingerprint density at radius 3 is 2.44 bits per heavy atom. The third kappa shape index (κ3) is 5.07. The van der Waals surface area contributed by atoms with Crippen molar-refractivity contribution in [3.63, 3.8) is 0 Å². The van der Waals surface area contributed by atoms with Crippen molar-refractivity contribution >= 4 is 5.69 Å². The maximum atomic E-state index is 8.89. The van der Waals surface area contributed by atoms with E-state index >= 15 is 0 Å². The molecule has 0 aromatic heterocycles. The van der Waals surface area contributed by atoms with Crippen LogP contribution in [0.4, 0.5) is 5.69 Å². The monoisotopic (exact) mass is 250 g/mol. The molecule has 0 bridgehead atoms. The summed E-state index contributed by atoms with van der Waals surface area (Å²) in [6, 6.07) is 8.70. The van der Waals surface area contributed by atoms with Gasteiger partial charge in [-0.3, -0.25) is 0 Å². The lowest BCUT2D eigenvalue weighted by Crippen LogP contribution is -2.24. The number of hydrogen-bond acceptors (Lipinski definition) is 3. The van der Waals surface area contributed by atoms with Gasteiger partial charge in [-0.15, -0.1) is 0 Å². The second-order valence-corrected chi connectivity index (χ2v) is 4.50. The fraction of sp³-hybridized carbons (Fsp3) is 0.600. The lowest BCUT2D eigenvalue weighted by molar-refractivity contribution is 0.289. The molecule has 0 aliphatic heterocycles. The molecule has 0 fully saturated rings. The molecule has 102 valence electrons. The predicted octanol–water partition coefficient (Wildman–Crippen LogP) is 2.39. The zero-order valence-corrected chi connectivity index (χ0v) is 11.7. The highest BCUT2D eigenvalue weighted by atomic mass is 16.3. The van der Waals surface area contributed by atoms with Crippen molar-refractivity contribution in [2.24, 2.45) is 0 Å². The summed E-state index contributed by atoms with van der Waals surface area (Å²) in [5, 5.41) is 12.3. The Morgan fingerprint density at radius 1 is 1.17 bits per heavy atom. The van der Waals surface area contributed by atoms with Gasteiger partial charge in [-0.05, 0) is 44.0 Å². The molecule has 1 aromatic rings. The summed E-state index contributed by atoms with van der Waals surface area (Å²) in [6.45, 7) is 8.49. The Kier molecular flexibility index (Phi) is 7.46. The molecule has 0 aliphatic carbocycles. The van der Waals surface area contributed by atoms with Crippen LogP contribution >= 0.6 is 0 Å². The van der Waals surface area contributed by atoms with Gasteiger partial charge >= 0.3 is 0 Å². The van der Waals surface area contributed by atoms with Crippen LogP contribution < -0.4 is 10.2 Å². The van der Waals surface area contributed by atoms with Crippen LogP contribution in [0, 0.1) is 0 Å². The van der Waals surface area contributed by atoms with Crippen LogP contribution in [0.1, 0.15) is 32.3 Å². The lowest BCUT2D eigenvalue weighted by atomic mass is 10.2. The third-order valence-electron chi connectivity index (χ3n) is 3.03. The fourth-order valence-electron chi connectivity index (χ4n) is 1.97. The summed E-state index contributed by atoms with van der Waals surface area (Å²) in [7, 11) is 0. The van der Waals surface area contributed by atoms with E-state index < -0.39 is 0 Å². The number of hydrogen-bond donors (Lipinski definition) is 2. The summed E-state index contributed by atoms with van der Waals surface area (Å²) in [4.78, 5) is 2.29. The van der Waals surface area contributed by atoms with Gasteiger partial charge in [0.05, 0.1) is 0 Å². The molecule has 0 saturated heterocycles. The van der Waals surface area contributed by atoms with Gasteiger partial charge in [0.2, 0.25) is 0 Å². The Bertz CT molecular complexity index is 311. The van der Waals surface area contributed by atoms with E-state index in [-0.39, 0.29) is 6.61 Å². The van der Waals surface area contributed by atoms with E-state index in [9.17, 15) is 0 Å². The van der Waals surface area contributed by atoms with Gasteiger partial charge < -0.3 is 15.3 Å². The minimum Gasteiger partial charge on any atom is -0.396 e. The molecule has 2 N–H and O–H groups in total. The Hall–Kier alpha value is -1.06. The fourth-order valence-corrected chi connectivity index (χ4v) is 1.97. The summed E-state index contributed by atoms with van der Waals surface area (Å²) in [6.07, 6.45) is 2.00. The van der Waals surface area contributed by atoms with Crippen LogP contribution in [0.15, 0.2) is 24.3 Å². The van der Waals surface area contributed by atoms with Crippen molar-refractivity contribution in [1.29, 1.82) is 0 Å². The van der Waals surface area contributed by atoms with Gasteiger partial charge in [0.15, 0.2) is 0 Å². The molecular formula is C15H26N2O. The van der Waals surface area contributed by atoms with Crippen molar-refractivity contribution in [3.05, 3.63) is 29.8 Å². The van der Waals surface area contributed by atoms with Crippen molar-refractivity contribution < 1.29 is 5.11 Å². The topological polar surface area (TPSA) is 35.5 Å². The molecule has 3 heteroatoms. The molecule has 0 radical (unpaired) electrons. The molecule has 0 spiro atoms. The van der Waals surface area contributed by atoms with Crippen LogP contribution in [-0.2, 0) is 6.54 Å². The van der Waals surface area contributed by atoms with Crippen molar-refractivity contribution in [1.82, 2.24) is 5.32 Å². The molecule has 0 unspecified atom stereocenters. The zero-order valence-electron chi connectivity index (χ0n) is 11.7. The van der Waals surface area contributed by atoms with Crippen molar-refractivity contribution in [2.75, 3.05) is 31.1 Å². The molecule has 0 saturated carbocycles. The first-order valence-electron chi connectivity index (χ1n) is 6.97. The summed E-state index contributed by atoms with van der Waals surface area (Å²) in [5.74, 6) is 0. The lowest BCUT2D eigenvalue weighted by Gasteiger charge is -2.23. The number of anilines is 1. The zero-order chi connectivity index (χ0) is 13.2. The van der Waals surface area contributed by atoms with E-state index in [2.05, 4.69) is 48.3 Å². The number of nitrogens with one attached hydrogen (secondary N) is 1. The highest BCUT2D eigenvalue weighted by molar-refractivity contribution is 5.47. The average Bonchev–Trinajstić information content (AvgIpc) is 2.41. The number of benzene rings is 1. The Morgan fingerprint density at radius 2 is 1.89 bits per heavy atom. The first-order valence-corrected chi connectivity index (χ1v) is 6.97. The largest absolute Gasteiger partial charge is 0.396 e. The van der Waals surface area contributed by atoms with Gasteiger partial charge in [-0.1, -0.05) is 19.1 Å². The van der Waals surface area contributed by atoms with Crippen molar-refractivity contribution in [3.8, 4) is 0 Å². The van der Waals surface area contributed by atoms with E-state index in [1.165, 1.54) is 17.7 Å². The number of rotatable bonds is 9. The first kappa shape index (κ1) is 15.0. The summed E-state index contributed by atoms with van der Waals surface area (Å²) < 4.78 is 0. The first-order chi connectivity index (χ1) is 8.81. The van der Waals surface area contributed by atoms with Crippen LogP contribution in [0.3, 0.4) is 0 Å². The van der Waals surface area contributed by atoms with Gasteiger partial charge in [-0.2, -0.15) is 0 Å². The van der Waals surface area contributed by atoms with Gasteiger partial charge in [-0.25, -0.2) is 0 Å². The third-order valence-corrected chi connectivity index (χ3v) is 3.03. The van der Waals surface area contributed by atoms with Crippen LogP contribution in [0.5, 0.6) is 0 Å². The van der Waals surface area contributed by atoms with E-state index in [0.717, 1.165) is 32.6 Å².